The molecular weight excluding hydrogens is 500 g/mol. The Kier molecular flexibility index (Phi) is 6.95. The van der Waals surface area contributed by atoms with Gasteiger partial charge < -0.3 is 5.32 Å². The van der Waals surface area contributed by atoms with E-state index in [0.29, 0.717) is 31.3 Å². The standard InChI is InChI=1S/C26H25ClN4O2S2/c1-16-8-7-13-30-23(16)29-22(28-18-10-3-2-4-11-18)19(24(30)32)14-21-25(33)31(26(34)35-21)15-17-9-5-6-12-20(17)27/h5-9,12-14,18,28H,2-4,10-11,15H2,1H3/b21-14+. The topological polar surface area (TPSA) is 66.7 Å². The monoisotopic (exact) mass is 524 g/mol. The zero-order valence-electron chi connectivity index (χ0n) is 19.3. The quantitative estimate of drug-likeness (QED) is 0.336. The van der Waals surface area contributed by atoms with Crippen LogP contribution in [0.15, 0.2) is 52.3 Å². The molecule has 0 atom stereocenters. The lowest BCUT2D eigenvalue weighted by molar-refractivity contribution is -0.122. The molecule has 35 heavy (non-hydrogen) atoms. The molecular formula is C26H25ClN4O2S2. The average molecular weight is 525 g/mol. The summed E-state index contributed by atoms with van der Waals surface area (Å²) in [6.07, 6.45) is 8.95. The first-order valence-electron chi connectivity index (χ1n) is 11.7. The molecule has 1 amide bonds. The summed E-state index contributed by atoms with van der Waals surface area (Å²) in [5, 5.41) is 4.10. The lowest BCUT2D eigenvalue weighted by atomic mass is 9.95. The summed E-state index contributed by atoms with van der Waals surface area (Å²) < 4.78 is 1.98. The zero-order chi connectivity index (χ0) is 24.5. The molecule has 9 heteroatoms. The lowest BCUT2D eigenvalue weighted by Crippen LogP contribution is -2.28. The number of benzene rings is 1. The molecule has 3 aromatic rings. The van der Waals surface area contributed by atoms with Crippen LogP contribution in [0, 0.1) is 6.92 Å². The summed E-state index contributed by atoms with van der Waals surface area (Å²) >= 11 is 13.0. The van der Waals surface area contributed by atoms with E-state index >= 15 is 0 Å². The number of nitrogens with zero attached hydrogens (tertiary/aromatic N) is 3. The Morgan fingerprint density at radius 1 is 1.17 bits per heavy atom. The summed E-state index contributed by atoms with van der Waals surface area (Å²) in [6.45, 7) is 2.22. The van der Waals surface area contributed by atoms with Crippen LogP contribution in [0.4, 0.5) is 5.82 Å². The van der Waals surface area contributed by atoms with Crippen LogP contribution in [-0.2, 0) is 11.3 Å². The van der Waals surface area contributed by atoms with Gasteiger partial charge in [-0.25, -0.2) is 4.98 Å². The number of anilines is 1. The Hall–Kier alpha value is -2.68. The van der Waals surface area contributed by atoms with Gasteiger partial charge in [-0.2, -0.15) is 0 Å². The molecule has 6 nitrogen and oxygen atoms in total. The van der Waals surface area contributed by atoms with E-state index in [4.69, 9.17) is 28.8 Å². The number of nitrogens with one attached hydrogen (secondary N) is 1. The van der Waals surface area contributed by atoms with Gasteiger partial charge in [-0.1, -0.05) is 79.1 Å². The van der Waals surface area contributed by atoms with E-state index < -0.39 is 0 Å². The van der Waals surface area contributed by atoms with Crippen molar-refractivity contribution in [3.05, 3.63) is 79.6 Å². The Bertz CT molecular complexity index is 1410. The maximum Gasteiger partial charge on any atom is 0.267 e. The number of fused-ring (bicyclic) bond motifs is 1. The minimum atomic E-state index is -0.239. The van der Waals surface area contributed by atoms with Crippen LogP contribution in [0.25, 0.3) is 11.7 Å². The molecule has 0 unspecified atom stereocenters. The molecule has 3 heterocycles. The van der Waals surface area contributed by atoms with Crippen molar-refractivity contribution in [3.63, 3.8) is 0 Å². The number of carbonyl (C=O) groups excluding carboxylic acids is 1. The van der Waals surface area contributed by atoms with E-state index in [2.05, 4.69) is 5.32 Å². The molecule has 1 aliphatic heterocycles. The first-order chi connectivity index (χ1) is 16.9. The number of rotatable bonds is 5. The van der Waals surface area contributed by atoms with Crippen LogP contribution in [-0.4, -0.2) is 30.6 Å². The van der Waals surface area contributed by atoms with Crippen molar-refractivity contribution in [1.29, 1.82) is 0 Å². The van der Waals surface area contributed by atoms with E-state index in [1.54, 1.807) is 18.3 Å². The Morgan fingerprint density at radius 2 is 1.94 bits per heavy atom. The van der Waals surface area contributed by atoms with Gasteiger partial charge in [-0.15, -0.1) is 0 Å². The average Bonchev–Trinajstić information content (AvgIpc) is 3.11. The van der Waals surface area contributed by atoms with Gasteiger partial charge in [0.05, 0.1) is 17.0 Å². The number of halogens is 1. The van der Waals surface area contributed by atoms with Gasteiger partial charge in [0.25, 0.3) is 11.5 Å². The minimum absolute atomic E-state index is 0.214. The second-order valence-electron chi connectivity index (χ2n) is 8.90. The number of carbonyl (C=O) groups is 1. The number of aryl methyl sites for hydroxylation is 1. The van der Waals surface area contributed by atoms with Crippen molar-refractivity contribution in [1.82, 2.24) is 14.3 Å². The van der Waals surface area contributed by atoms with Gasteiger partial charge in [-0.05, 0) is 49.1 Å². The molecule has 2 aromatic heterocycles. The predicted octanol–water partition coefficient (Wildman–Crippen LogP) is 5.80. The van der Waals surface area contributed by atoms with Crippen molar-refractivity contribution >= 4 is 63.3 Å². The van der Waals surface area contributed by atoms with E-state index in [0.717, 1.165) is 36.8 Å². The summed E-state index contributed by atoms with van der Waals surface area (Å²) in [4.78, 5) is 33.7. The summed E-state index contributed by atoms with van der Waals surface area (Å²) in [5.41, 5.74) is 2.49. The third kappa shape index (κ3) is 4.87. The maximum absolute atomic E-state index is 13.6. The number of thioether (sulfide) groups is 1. The van der Waals surface area contributed by atoms with Crippen LogP contribution >= 0.6 is 35.6 Å². The Balaban J connectivity index is 1.54. The smallest absolute Gasteiger partial charge is 0.267 e. The van der Waals surface area contributed by atoms with E-state index in [1.807, 2.05) is 37.3 Å². The Labute approximate surface area is 218 Å². The SMILES string of the molecule is Cc1cccn2c(=O)c(/C=C3/SC(=S)N(Cc4ccccc4Cl)C3=O)c(NC3CCCCC3)nc12. The predicted molar refractivity (Wildman–Crippen MR) is 147 cm³/mol. The number of aromatic nitrogens is 2. The number of hydrogen-bond acceptors (Lipinski definition) is 6. The van der Waals surface area contributed by atoms with Crippen molar-refractivity contribution < 1.29 is 4.79 Å². The highest BCUT2D eigenvalue weighted by Crippen LogP contribution is 2.35. The van der Waals surface area contributed by atoms with Gasteiger partial charge in [0.1, 0.15) is 15.8 Å². The van der Waals surface area contributed by atoms with Crippen molar-refractivity contribution in [3.8, 4) is 0 Å². The maximum atomic E-state index is 13.6. The van der Waals surface area contributed by atoms with Gasteiger partial charge in [0.15, 0.2) is 0 Å². The van der Waals surface area contributed by atoms with E-state index in [-0.39, 0.29) is 24.1 Å². The molecule has 1 N–H and O–H groups in total. The summed E-state index contributed by atoms with van der Waals surface area (Å²) in [6, 6.07) is 11.4. The highest BCUT2D eigenvalue weighted by atomic mass is 35.5. The number of amides is 1. The minimum Gasteiger partial charge on any atom is -0.367 e. The normalized spacial score (nSPS) is 18.1. The molecule has 2 fully saturated rings. The molecule has 1 aliphatic carbocycles. The summed E-state index contributed by atoms with van der Waals surface area (Å²) in [5.74, 6) is 0.282. The first kappa shape index (κ1) is 24.0. The lowest BCUT2D eigenvalue weighted by Gasteiger charge is -2.24. The number of hydrogen-bond donors (Lipinski definition) is 1. The van der Waals surface area contributed by atoms with Crippen molar-refractivity contribution in [2.75, 3.05) is 5.32 Å². The van der Waals surface area contributed by atoms with Gasteiger partial charge in [0, 0.05) is 17.3 Å². The van der Waals surface area contributed by atoms with Crippen LogP contribution in [0.5, 0.6) is 0 Å². The third-order valence-electron chi connectivity index (χ3n) is 6.47. The van der Waals surface area contributed by atoms with Gasteiger partial charge in [0.2, 0.25) is 0 Å². The van der Waals surface area contributed by atoms with Crippen LogP contribution < -0.4 is 10.9 Å². The second kappa shape index (κ2) is 10.1. The highest BCUT2D eigenvalue weighted by Gasteiger charge is 2.33. The number of thiocarbonyl (C=S) groups is 1. The molecule has 1 aromatic carbocycles. The zero-order valence-corrected chi connectivity index (χ0v) is 21.7. The molecule has 5 rings (SSSR count). The molecule has 1 saturated heterocycles. The summed E-state index contributed by atoms with van der Waals surface area (Å²) in [7, 11) is 0. The fraction of sp³-hybridized carbons (Fsp3) is 0.308. The van der Waals surface area contributed by atoms with Crippen LogP contribution in [0.3, 0.4) is 0 Å². The largest absolute Gasteiger partial charge is 0.367 e. The fourth-order valence-corrected chi connectivity index (χ4v) is 5.99. The third-order valence-corrected chi connectivity index (χ3v) is 8.21. The van der Waals surface area contributed by atoms with Gasteiger partial charge >= 0.3 is 0 Å². The van der Waals surface area contributed by atoms with E-state index in [9.17, 15) is 9.59 Å². The second-order valence-corrected chi connectivity index (χ2v) is 11.0. The van der Waals surface area contributed by atoms with Crippen LogP contribution in [0.2, 0.25) is 5.02 Å². The number of pyridine rings is 1. The van der Waals surface area contributed by atoms with Gasteiger partial charge in [-0.3, -0.25) is 18.9 Å². The molecule has 1 saturated carbocycles. The first-order valence-corrected chi connectivity index (χ1v) is 13.3. The van der Waals surface area contributed by atoms with Crippen LogP contribution in [0.1, 0.15) is 48.8 Å². The molecule has 0 bridgehead atoms. The molecule has 2 aliphatic rings. The van der Waals surface area contributed by atoms with Crippen molar-refractivity contribution in [2.24, 2.45) is 0 Å². The molecule has 0 spiro atoms. The fourth-order valence-electron chi connectivity index (χ4n) is 4.56. The van der Waals surface area contributed by atoms with Crippen molar-refractivity contribution in [2.45, 2.75) is 51.6 Å². The molecule has 180 valence electrons. The molecule has 0 radical (unpaired) electrons. The van der Waals surface area contributed by atoms with E-state index in [1.165, 1.54) is 27.5 Å². The Morgan fingerprint density at radius 3 is 2.71 bits per heavy atom. The highest BCUT2D eigenvalue weighted by molar-refractivity contribution is 8.26.